The van der Waals surface area contributed by atoms with Crippen molar-refractivity contribution < 1.29 is 18.0 Å². The number of nitrogens with zero attached hydrogens (tertiary/aromatic N) is 2. The maximum absolute atomic E-state index is 14.1. The lowest BCUT2D eigenvalue weighted by Crippen LogP contribution is -2.54. The third kappa shape index (κ3) is 8.57. The van der Waals surface area contributed by atoms with E-state index in [1.807, 2.05) is 63.2 Å². The molecule has 0 saturated heterocycles. The molecule has 208 valence electrons. The number of carbonyl (C=O) groups is 2. The molecule has 0 spiro atoms. The fraction of sp³-hybridized carbons (Fsp3) is 0.333. The molecule has 0 aliphatic carbocycles. The number of rotatable bonds is 11. The minimum atomic E-state index is -3.82. The lowest BCUT2D eigenvalue weighted by atomic mass is 10.0. The van der Waals surface area contributed by atoms with Gasteiger partial charge >= 0.3 is 0 Å². The Morgan fingerprint density at radius 3 is 2.15 bits per heavy atom. The quantitative estimate of drug-likeness (QED) is 0.356. The Morgan fingerprint density at radius 1 is 0.923 bits per heavy atom. The number of amides is 2. The molecule has 3 rings (SSSR count). The van der Waals surface area contributed by atoms with Crippen molar-refractivity contribution in [1.29, 1.82) is 0 Å². The summed E-state index contributed by atoms with van der Waals surface area (Å²) in [4.78, 5) is 29.1. The minimum Gasteiger partial charge on any atom is -0.352 e. The first-order chi connectivity index (χ1) is 18.3. The molecule has 7 nitrogen and oxygen atoms in total. The molecule has 9 heteroatoms. The zero-order chi connectivity index (χ0) is 28.7. The number of sulfonamides is 1. The van der Waals surface area contributed by atoms with Gasteiger partial charge in [-0.1, -0.05) is 66.2 Å². The molecule has 0 aliphatic heterocycles. The van der Waals surface area contributed by atoms with Crippen molar-refractivity contribution in [3.05, 3.63) is 100 Å². The fourth-order valence-corrected chi connectivity index (χ4v) is 5.33. The Kier molecular flexibility index (Phi) is 10.2. The SMILES string of the molecule is Cc1ccc(C)c(N(CC(=O)N(Cc2ccc(Cl)cc2)[C@@H](Cc2ccccc2)C(=O)NC(C)C)S(C)(=O)=O)c1. The van der Waals surface area contributed by atoms with Crippen molar-refractivity contribution in [1.82, 2.24) is 10.2 Å². The summed E-state index contributed by atoms with van der Waals surface area (Å²) in [6.07, 6.45) is 1.35. The zero-order valence-electron chi connectivity index (χ0n) is 23.0. The van der Waals surface area contributed by atoms with Gasteiger partial charge in [0.05, 0.1) is 11.9 Å². The first-order valence-corrected chi connectivity index (χ1v) is 15.0. The smallest absolute Gasteiger partial charge is 0.244 e. The molecular weight excluding hydrogens is 534 g/mol. The highest BCUT2D eigenvalue weighted by Gasteiger charge is 2.33. The molecule has 0 saturated carbocycles. The van der Waals surface area contributed by atoms with Gasteiger partial charge in [0.15, 0.2) is 0 Å². The molecular formula is C30H36ClN3O4S. The Labute approximate surface area is 236 Å². The minimum absolute atomic E-state index is 0.101. The molecule has 1 N–H and O–H groups in total. The van der Waals surface area contributed by atoms with E-state index in [9.17, 15) is 18.0 Å². The Balaban J connectivity index is 2.07. The van der Waals surface area contributed by atoms with Crippen molar-refractivity contribution >= 4 is 39.1 Å². The standard InChI is InChI=1S/C30H36ClN3O4S/c1-21(2)32-30(36)28(18-24-9-7-6-8-10-24)33(19-25-13-15-26(31)16-14-25)29(35)20-34(39(5,37)38)27-17-22(3)11-12-23(27)4/h6-17,21,28H,18-20H2,1-5H3,(H,32,36)/t28-/m0/s1. The van der Waals surface area contributed by atoms with E-state index in [1.54, 1.807) is 37.3 Å². The van der Waals surface area contributed by atoms with Gasteiger partial charge in [-0.3, -0.25) is 13.9 Å². The molecule has 1 atom stereocenters. The average Bonchev–Trinajstić information content (AvgIpc) is 2.86. The third-order valence-electron chi connectivity index (χ3n) is 6.28. The van der Waals surface area contributed by atoms with Crippen LogP contribution >= 0.6 is 11.6 Å². The van der Waals surface area contributed by atoms with Crippen molar-refractivity contribution in [2.24, 2.45) is 0 Å². The summed E-state index contributed by atoms with van der Waals surface area (Å²) in [5, 5.41) is 3.49. The number of hydrogen-bond acceptors (Lipinski definition) is 4. The van der Waals surface area contributed by atoms with E-state index in [0.717, 1.165) is 32.8 Å². The molecule has 3 aromatic carbocycles. The van der Waals surface area contributed by atoms with Gasteiger partial charge in [-0.05, 0) is 68.1 Å². The van der Waals surface area contributed by atoms with E-state index in [0.29, 0.717) is 10.7 Å². The van der Waals surface area contributed by atoms with Gasteiger partial charge in [0.25, 0.3) is 0 Å². The average molecular weight is 570 g/mol. The summed E-state index contributed by atoms with van der Waals surface area (Å²) in [6, 6.07) is 20.9. The van der Waals surface area contributed by atoms with Crippen LogP contribution in [0.3, 0.4) is 0 Å². The number of nitrogens with one attached hydrogen (secondary N) is 1. The molecule has 0 heterocycles. The first-order valence-electron chi connectivity index (χ1n) is 12.8. The normalized spacial score (nSPS) is 12.2. The summed E-state index contributed by atoms with van der Waals surface area (Å²) in [5.74, 6) is -0.801. The van der Waals surface area contributed by atoms with Crippen LogP contribution in [0.1, 0.15) is 36.1 Å². The topological polar surface area (TPSA) is 86.8 Å². The largest absolute Gasteiger partial charge is 0.352 e. The molecule has 0 fully saturated rings. The molecule has 0 aliphatic rings. The van der Waals surface area contributed by atoms with Crippen LogP contribution in [0, 0.1) is 13.8 Å². The second-order valence-electron chi connectivity index (χ2n) is 10.1. The van der Waals surface area contributed by atoms with Crippen LogP contribution in [-0.4, -0.2) is 50.0 Å². The maximum Gasteiger partial charge on any atom is 0.244 e. The second-order valence-corrected chi connectivity index (χ2v) is 12.4. The molecule has 0 unspecified atom stereocenters. The van der Waals surface area contributed by atoms with Crippen LogP contribution < -0.4 is 9.62 Å². The van der Waals surface area contributed by atoms with Crippen molar-refractivity contribution in [2.75, 3.05) is 17.1 Å². The molecule has 0 radical (unpaired) electrons. The van der Waals surface area contributed by atoms with E-state index < -0.39 is 28.5 Å². The monoisotopic (exact) mass is 569 g/mol. The Bertz CT molecular complexity index is 1390. The van der Waals surface area contributed by atoms with Crippen LogP contribution in [0.4, 0.5) is 5.69 Å². The number of aryl methyl sites for hydroxylation is 2. The predicted molar refractivity (Wildman–Crippen MR) is 157 cm³/mol. The van der Waals surface area contributed by atoms with Crippen LogP contribution in [0.15, 0.2) is 72.8 Å². The van der Waals surface area contributed by atoms with Gasteiger partial charge in [0.2, 0.25) is 21.8 Å². The highest BCUT2D eigenvalue weighted by atomic mass is 35.5. The van der Waals surface area contributed by atoms with E-state index in [4.69, 9.17) is 11.6 Å². The van der Waals surface area contributed by atoms with Gasteiger partial charge in [-0.15, -0.1) is 0 Å². The van der Waals surface area contributed by atoms with Crippen LogP contribution in [-0.2, 0) is 32.6 Å². The van der Waals surface area contributed by atoms with Gasteiger partial charge in [-0.25, -0.2) is 8.42 Å². The van der Waals surface area contributed by atoms with Crippen LogP contribution in [0.25, 0.3) is 0 Å². The summed E-state index contributed by atoms with van der Waals surface area (Å²) in [6.45, 7) is 7.03. The van der Waals surface area contributed by atoms with Gasteiger partial charge < -0.3 is 10.2 Å². The van der Waals surface area contributed by atoms with Gasteiger partial charge in [0.1, 0.15) is 12.6 Å². The van der Waals surface area contributed by atoms with Gasteiger partial charge in [0, 0.05) is 24.0 Å². The highest BCUT2D eigenvalue weighted by molar-refractivity contribution is 7.92. The summed E-state index contributed by atoms with van der Waals surface area (Å²) in [7, 11) is -3.82. The Hall–Kier alpha value is -3.36. The van der Waals surface area contributed by atoms with Crippen molar-refractivity contribution in [3.63, 3.8) is 0 Å². The van der Waals surface area contributed by atoms with E-state index in [2.05, 4.69) is 5.32 Å². The van der Waals surface area contributed by atoms with E-state index in [-0.39, 0.29) is 24.9 Å². The van der Waals surface area contributed by atoms with E-state index >= 15 is 0 Å². The van der Waals surface area contributed by atoms with Crippen molar-refractivity contribution in [3.8, 4) is 0 Å². The molecule has 3 aromatic rings. The first kappa shape index (κ1) is 30.2. The lowest BCUT2D eigenvalue weighted by molar-refractivity contribution is -0.140. The maximum atomic E-state index is 14.1. The molecule has 0 aromatic heterocycles. The fourth-order valence-electron chi connectivity index (χ4n) is 4.30. The number of carbonyl (C=O) groups excluding carboxylic acids is 2. The molecule has 39 heavy (non-hydrogen) atoms. The predicted octanol–water partition coefficient (Wildman–Crippen LogP) is 4.89. The molecule has 0 bridgehead atoms. The van der Waals surface area contributed by atoms with E-state index in [1.165, 1.54) is 4.90 Å². The van der Waals surface area contributed by atoms with Crippen molar-refractivity contribution in [2.45, 2.75) is 52.7 Å². The molecule has 2 amide bonds. The zero-order valence-corrected chi connectivity index (χ0v) is 24.6. The van der Waals surface area contributed by atoms with Crippen LogP contribution in [0.2, 0.25) is 5.02 Å². The van der Waals surface area contributed by atoms with Crippen LogP contribution in [0.5, 0.6) is 0 Å². The third-order valence-corrected chi connectivity index (χ3v) is 7.66. The number of anilines is 1. The summed E-state index contributed by atoms with van der Waals surface area (Å²) >= 11 is 6.08. The highest BCUT2D eigenvalue weighted by Crippen LogP contribution is 2.25. The summed E-state index contributed by atoms with van der Waals surface area (Å²) < 4.78 is 27.0. The summed E-state index contributed by atoms with van der Waals surface area (Å²) in [5.41, 5.74) is 3.67. The second kappa shape index (κ2) is 13.1. The lowest BCUT2D eigenvalue weighted by Gasteiger charge is -2.34. The number of benzene rings is 3. The number of halogens is 1. The van der Waals surface area contributed by atoms with Gasteiger partial charge in [-0.2, -0.15) is 0 Å². The Morgan fingerprint density at radius 2 is 1.56 bits per heavy atom. The number of hydrogen-bond donors (Lipinski definition) is 1.